The van der Waals surface area contributed by atoms with Crippen LogP contribution in [-0.4, -0.2) is 66.5 Å². The standard InChI is InChI=1S/C21H35NO5/c1-5-6-7-8-9-10-11-12-13-14-18(23)15-21(26)27-19(16-20(24)25)17-22(2,3)4/h5-6,8-9,11-12,18-19,23H,7,10,13-17H2,1-4H3/p+1/b6-5+,9-8+,12-11+. The maximum atomic E-state index is 12.0. The van der Waals surface area contributed by atoms with Crippen LogP contribution in [0.2, 0.25) is 0 Å². The fraction of sp³-hybridized carbons (Fsp3) is 0.619. The number of esters is 1. The van der Waals surface area contributed by atoms with Crippen LogP contribution >= 0.6 is 0 Å². The van der Waals surface area contributed by atoms with Crippen LogP contribution in [0.4, 0.5) is 0 Å². The molecule has 0 bridgehead atoms. The van der Waals surface area contributed by atoms with E-state index in [1.807, 2.05) is 46.3 Å². The number of likely N-dealkylation sites (N-methyl/N-ethyl adjacent to an activating group) is 1. The van der Waals surface area contributed by atoms with Gasteiger partial charge in [-0.15, -0.1) is 0 Å². The number of quaternary nitrogens is 1. The van der Waals surface area contributed by atoms with E-state index in [4.69, 9.17) is 9.84 Å². The second-order valence-electron chi connectivity index (χ2n) is 7.60. The Bertz CT molecular complexity index is 517. The molecule has 0 aliphatic rings. The predicted octanol–water partition coefficient (Wildman–Crippen LogP) is 3.08. The molecule has 0 saturated carbocycles. The van der Waals surface area contributed by atoms with Gasteiger partial charge in [0, 0.05) is 0 Å². The van der Waals surface area contributed by atoms with E-state index in [1.165, 1.54) is 0 Å². The van der Waals surface area contributed by atoms with E-state index >= 15 is 0 Å². The quantitative estimate of drug-likeness (QED) is 0.274. The maximum absolute atomic E-state index is 12.0. The highest BCUT2D eigenvalue weighted by Gasteiger charge is 2.25. The van der Waals surface area contributed by atoms with Crippen molar-refractivity contribution >= 4 is 11.9 Å². The number of aliphatic carboxylic acids is 1. The fourth-order valence-electron chi connectivity index (χ4n) is 2.47. The second kappa shape index (κ2) is 14.2. The van der Waals surface area contributed by atoms with Crippen molar-refractivity contribution in [2.24, 2.45) is 0 Å². The van der Waals surface area contributed by atoms with Gasteiger partial charge in [-0.25, -0.2) is 0 Å². The Hall–Kier alpha value is -1.92. The number of carboxylic acid groups (broad SMARTS) is 1. The first-order valence-electron chi connectivity index (χ1n) is 9.45. The zero-order chi connectivity index (χ0) is 20.7. The molecule has 0 aliphatic carbocycles. The molecule has 0 heterocycles. The van der Waals surface area contributed by atoms with Gasteiger partial charge in [-0.1, -0.05) is 36.5 Å². The Morgan fingerprint density at radius 2 is 1.59 bits per heavy atom. The number of aliphatic hydroxyl groups is 1. The molecule has 27 heavy (non-hydrogen) atoms. The summed E-state index contributed by atoms with van der Waals surface area (Å²) in [5.74, 6) is -1.57. The smallest absolute Gasteiger partial charge is 0.308 e. The molecule has 0 amide bonds. The van der Waals surface area contributed by atoms with Crippen molar-refractivity contribution in [1.82, 2.24) is 0 Å². The summed E-state index contributed by atoms with van der Waals surface area (Å²) in [6, 6.07) is 0. The minimum atomic E-state index is -1.01. The second-order valence-corrected chi connectivity index (χ2v) is 7.60. The molecular formula is C21H36NO5+. The number of aliphatic hydroxyl groups excluding tert-OH is 1. The van der Waals surface area contributed by atoms with Crippen LogP contribution in [0.25, 0.3) is 0 Å². The van der Waals surface area contributed by atoms with Crippen molar-refractivity contribution in [2.75, 3.05) is 27.7 Å². The molecule has 2 unspecified atom stereocenters. The third kappa shape index (κ3) is 17.3. The molecule has 0 aromatic heterocycles. The average Bonchev–Trinajstić information content (AvgIpc) is 2.50. The number of hydrogen-bond donors (Lipinski definition) is 2. The molecule has 6 nitrogen and oxygen atoms in total. The number of nitrogens with zero attached hydrogens (tertiary/aromatic N) is 1. The number of ether oxygens (including phenoxy) is 1. The molecule has 154 valence electrons. The van der Waals surface area contributed by atoms with Crippen molar-refractivity contribution in [3.05, 3.63) is 36.5 Å². The van der Waals surface area contributed by atoms with Crippen LogP contribution in [0.5, 0.6) is 0 Å². The Morgan fingerprint density at radius 3 is 2.15 bits per heavy atom. The summed E-state index contributed by atoms with van der Waals surface area (Å²) in [5, 5.41) is 18.9. The molecule has 6 heteroatoms. The number of allylic oxidation sites excluding steroid dienone is 6. The molecular weight excluding hydrogens is 346 g/mol. The molecule has 0 spiro atoms. The minimum Gasteiger partial charge on any atom is -0.481 e. The van der Waals surface area contributed by atoms with Gasteiger partial charge in [-0.3, -0.25) is 9.59 Å². The van der Waals surface area contributed by atoms with Gasteiger partial charge < -0.3 is 19.4 Å². The first-order chi connectivity index (χ1) is 12.6. The first kappa shape index (κ1) is 25.1. The summed E-state index contributed by atoms with van der Waals surface area (Å²) in [6.45, 7) is 2.39. The van der Waals surface area contributed by atoms with Crippen molar-refractivity contribution in [2.45, 2.75) is 57.7 Å². The lowest BCUT2D eigenvalue weighted by molar-refractivity contribution is -0.873. The van der Waals surface area contributed by atoms with Gasteiger partial charge >= 0.3 is 11.9 Å². The van der Waals surface area contributed by atoms with Gasteiger partial charge in [0.1, 0.15) is 6.54 Å². The van der Waals surface area contributed by atoms with Crippen molar-refractivity contribution in [3.63, 3.8) is 0 Å². The van der Waals surface area contributed by atoms with E-state index in [2.05, 4.69) is 18.2 Å². The summed E-state index contributed by atoms with van der Waals surface area (Å²) in [5.41, 5.74) is 0. The third-order valence-corrected chi connectivity index (χ3v) is 3.63. The summed E-state index contributed by atoms with van der Waals surface area (Å²) in [4.78, 5) is 22.9. The van der Waals surface area contributed by atoms with Crippen LogP contribution in [0.15, 0.2) is 36.5 Å². The van der Waals surface area contributed by atoms with Crippen LogP contribution in [0, 0.1) is 0 Å². The molecule has 0 aromatic carbocycles. The van der Waals surface area contributed by atoms with Crippen molar-refractivity contribution in [3.8, 4) is 0 Å². The zero-order valence-corrected chi connectivity index (χ0v) is 17.1. The highest BCUT2D eigenvalue weighted by molar-refractivity contribution is 5.71. The van der Waals surface area contributed by atoms with Gasteiger partial charge in [-0.05, 0) is 32.6 Å². The Labute approximate surface area is 163 Å². The van der Waals surface area contributed by atoms with Gasteiger partial charge in [0.15, 0.2) is 6.10 Å². The van der Waals surface area contributed by atoms with Gasteiger partial charge in [0.05, 0.1) is 40.1 Å². The van der Waals surface area contributed by atoms with Crippen LogP contribution in [0.3, 0.4) is 0 Å². The summed E-state index contributed by atoms with van der Waals surface area (Å²) in [7, 11) is 5.71. The monoisotopic (exact) mass is 382 g/mol. The van der Waals surface area contributed by atoms with E-state index in [0.29, 0.717) is 23.9 Å². The molecule has 0 radical (unpaired) electrons. The van der Waals surface area contributed by atoms with Gasteiger partial charge in [-0.2, -0.15) is 0 Å². The molecule has 2 N–H and O–H groups in total. The lowest BCUT2D eigenvalue weighted by Crippen LogP contribution is -2.44. The first-order valence-corrected chi connectivity index (χ1v) is 9.45. The highest BCUT2D eigenvalue weighted by atomic mass is 16.5. The Kier molecular flexibility index (Phi) is 13.2. The third-order valence-electron chi connectivity index (χ3n) is 3.63. The molecule has 0 aliphatic heterocycles. The molecule has 2 atom stereocenters. The number of carbonyl (C=O) groups is 2. The average molecular weight is 383 g/mol. The fourth-order valence-corrected chi connectivity index (χ4v) is 2.47. The molecule has 0 saturated heterocycles. The SMILES string of the molecule is C/C=C/C/C=C/C/C=C/CCC(O)CC(=O)OC(CC(=O)O)C[N+](C)(C)C. The molecule has 0 fully saturated rings. The number of carbonyl (C=O) groups excluding carboxylic acids is 1. The minimum absolute atomic E-state index is 0.121. The largest absolute Gasteiger partial charge is 0.481 e. The zero-order valence-electron chi connectivity index (χ0n) is 17.1. The lowest BCUT2D eigenvalue weighted by Gasteiger charge is -2.28. The highest BCUT2D eigenvalue weighted by Crippen LogP contribution is 2.10. The van der Waals surface area contributed by atoms with Crippen molar-refractivity contribution < 1.29 is 29.0 Å². The number of hydrogen-bond acceptors (Lipinski definition) is 4. The summed E-state index contributed by atoms with van der Waals surface area (Å²) in [6.07, 6.45) is 13.4. The van der Waals surface area contributed by atoms with E-state index < -0.39 is 24.1 Å². The summed E-state index contributed by atoms with van der Waals surface area (Å²) < 4.78 is 5.76. The van der Waals surface area contributed by atoms with E-state index in [9.17, 15) is 14.7 Å². The van der Waals surface area contributed by atoms with E-state index in [0.717, 1.165) is 12.8 Å². The van der Waals surface area contributed by atoms with Crippen LogP contribution in [-0.2, 0) is 14.3 Å². The van der Waals surface area contributed by atoms with Gasteiger partial charge in [0.25, 0.3) is 0 Å². The van der Waals surface area contributed by atoms with E-state index in [-0.39, 0.29) is 12.8 Å². The van der Waals surface area contributed by atoms with Crippen LogP contribution in [0.1, 0.15) is 45.4 Å². The van der Waals surface area contributed by atoms with Crippen molar-refractivity contribution in [1.29, 1.82) is 0 Å². The predicted molar refractivity (Wildman–Crippen MR) is 107 cm³/mol. The Morgan fingerprint density at radius 1 is 1.00 bits per heavy atom. The maximum Gasteiger partial charge on any atom is 0.308 e. The van der Waals surface area contributed by atoms with E-state index in [1.54, 1.807) is 0 Å². The van der Waals surface area contributed by atoms with Crippen LogP contribution < -0.4 is 0 Å². The summed E-state index contributed by atoms with van der Waals surface area (Å²) >= 11 is 0. The van der Waals surface area contributed by atoms with Gasteiger partial charge in [0.2, 0.25) is 0 Å². The normalized spacial score (nSPS) is 14.9. The molecule has 0 aromatic rings. The number of rotatable bonds is 14. The number of carboxylic acids is 1. The lowest BCUT2D eigenvalue weighted by atomic mass is 10.1. The Balaban J connectivity index is 4.16. The molecule has 0 rings (SSSR count). The topological polar surface area (TPSA) is 83.8 Å².